The summed E-state index contributed by atoms with van der Waals surface area (Å²) in [7, 11) is 5.44. The lowest BCUT2D eigenvalue weighted by Gasteiger charge is -2.34. The first-order valence-electron chi connectivity index (χ1n) is 13.8. The molecule has 4 aromatic rings. The minimum Gasteiger partial charge on any atom is -0.373 e. The van der Waals surface area contributed by atoms with E-state index in [0.29, 0.717) is 28.7 Å². The van der Waals surface area contributed by atoms with E-state index < -0.39 is 0 Å². The smallest absolute Gasteiger partial charge is 0.271 e. The number of rotatable bonds is 8. The quantitative estimate of drug-likeness (QED) is 0.252. The fourth-order valence-corrected chi connectivity index (χ4v) is 4.80. The highest BCUT2D eigenvalue weighted by Gasteiger charge is 2.19. The minimum atomic E-state index is -0.327. The number of hydrogen-bond donors (Lipinski definition) is 4. The van der Waals surface area contributed by atoms with Gasteiger partial charge >= 0.3 is 0 Å². The van der Waals surface area contributed by atoms with Gasteiger partial charge in [-0.1, -0.05) is 6.07 Å². The predicted molar refractivity (Wildman–Crippen MR) is 165 cm³/mol. The SMILES string of the molecule is CNC(=O)c1cc(Nc2cc(NC(=O)c3cc(C)cc(N4CCN(C)CC4)c3)ccc2C)n(-c2cc(NC)ncn2)n1. The van der Waals surface area contributed by atoms with Crippen LogP contribution < -0.4 is 26.2 Å². The van der Waals surface area contributed by atoms with E-state index in [9.17, 15) is 9.59 Å². The van der Waals surface area contributed by atoms with Gasteiger partial charge in [0.2, 0.25) is 0 Å². The fraction of sp³-hybridized carbons (Fsp3) is 0.300. The summed E-state index contributed by atoms with van der Waals surface area (Å²) in [5.74, 6) is 1.10. The lowest BCUT2D eigenvalue weighted by atomic mass is 10.1. The van der Waals surface area contributed by atoms with Gasteiger partial charge in [0.15, 0.2) is 11.5 Å². The number of benzene rings is 2. The first-order chi connectivity index (χ1) is 20.2. The molecule has 2 amide bonds. The summed E-state index contributed by atoms with van der Waals surface area (Å²) in [5.41, 5.74) is 5.24. The van der Waals surface area contributed by atoms with Crippen LogP contribution >= 0.6 is 0 Å². The van der Waals surface area contributed by atoms with E-state index in [4.69, 9.17) is 0 Å². The molecule has 0 spiro atoms. The third-order valence-corrected chi connectivity index (χ3v) is 7.25. The number of hydrogen-bond acceptors (Lipinski definition) is 9. The molecule has 0 radical (unpaired) electrons. The lowest BCUT2D eigenvalue weighted by Crippen LogP contribution is -2.44. The van der Waals surface area contributed by atoms with Crippen LogP contribution in [0.15, 0.2) is 54.9 Å². The molecule has 2 aromatic heterocycles. The second-order valence-corrected chi connectivity index (χ2v) is 10.4. The van der Waals surface area contributed by atoms with E-state index in [-0.39, 0.29) is 17.5 Å². The molecular formula is C30H36N10O2. The monoisotopic (exact) mass is 568 g/mol. The van der Waals surface area contributed by atoms with Crippen molar-refractivity contribution in [2.45, 2.75) is 13.8 Å². The maximum atomic E-state index is 13.4. The van der Waals surface area contributed by atoms with E-state index in [1.807, 2.05) is 44.2 Å². The zero-order valence-electron chi connectivity index (χ0n) is 24.5. The number of aromatic nitrogens is 4. The van der Waals surface area contributed by atoms with Gasteiger partial charge in [0.1, 0.15) is 18.0 Å². The number of nitrogens with zero attached hydrogens (tertiary/aromatic N) is 6. The molecule has 1 aliphatic heterocycles. The second kappa shape index (κ2) is 12.3. The molecule has 0 aliphatic carbocycles. The maximum Gasteiger partial charge on any atom is 0.271 e. The summed E-state index contributed by atoms with van der Waals surface area (Å²) in [6, 6.07) is 15.0. The summed E-state index contributed by atoms with van der Waals surface area (Å²) in [5, 5.41) is 16.5. The maximum absolute atomic E-state index is 13.4. The molecule has 0 atom stereocenters. The minimum absolute atomic E-state index is 0.184. The third-order valence-electron chi connectivity index (χ3n) is 7.25. The Labute approximate surface area is 245 Å². The Morgan fingerprint density at radius 2 is 1.67 bits per heavy atom. The molecule has 1 aliphatic rings. The highest BCUT2D eigenvalue weighted by molar-refractivity contribution is 6.05. The van der Waals surface area contributed by atoms with Crippen molar-refractivity contribution in [1.82, 2.24) is 30.0 Å². The highest BCUT2D eigenvalue weighted by atomic mass is 16.2. The molecule has 5 rings (SSSR count). The Balaban J connectivity index is 1.40. The van der Waals surface area contributed by atoms with Crippen LogP contribution in [0.5, 0.6) is 0 Å². The summed E-state index contributed by atoms with van der Waals surface area (Å²) in [6.07, 6.45) is 1.42. The first-order valence-corrected chi connectivity index (χ1v) is 13.8. The molecule has 12 heteroatoms. The molecule has 0 saturated carbocycles. The van der Waals surface area contributed by atoms with Crippen molar-refractivity contribution in [3.8, 4) is 5.82 Å². The van der Waals surface area contributed by atoms with Crippen molar-refractivity contribution < 1.29 is 9.59 Å². The number of nitrogens with one attached hydrogen (secondary N) is 4. The number of aryl methyl sites for hydroxylation is 2. The molecule has 1 fully saturated rings. The topological polar surface area (TPSA) is 132 Å². The molecule has 42 heavy (non-hydrogen) atoms. The van der Waals surface area contributed by atoms with Crippen LogP contribution in [-0.4, -0.2) is 83.8 Å². The fourth-order valence-electron chi connectivity index (χ4n) is 4.80. The predicted octanol–water partition coefficient (Wildman–Crippen LogP) is 3.43. The Morgan fingerprint density at radius 3 is 2.40 bits per heavy atom. The number of carbonyl (C=O) groups is 2. The van der Waals surface area contributed by atoms with Gasteiger partial charge in [0.25, 0.3) is 11.8 Å². The summed E-state index contributed by atoms with van der Waals surface area (Å²) < 4.78 is 1.55. The van der Waals surface area contributed by atoms with Crippen LogP contribution in [0.2, 0.25) is 0 Å². The van der Waals surface area contributed by atoms with Crippen molar-refractivity contribution >= 4 is 40.5 Å². The molecule has 12 nitrogen and oxygen atoms in total. The second-order valence-electron chi connectivity index (χ2n) is 10.4. The van der Waals surface area contributed by atoms with Crippen molar-refractivity contribution in [2.75, 3.05) is 68.2 Å². The van der Waals surface area contributed by atoms with E-state index in [1.54, 1.807) is 30.9 Å². The number of piperazine rings is 1. The highest BCUT2D eigenvalue weighted by Crippen LogP contribution is 2.28. The van der Waals surface area contributed by atoms with E-state index in [0.717, 1.165) is 48.7 Å². The average molecular weight is 569 g/mol. The molecule has 218 valence electrons. The van der Waals surface area contributed by atoms with Gasteiger partial charge in [0.05, 0.1) is 0 Å². The van der Waals surface area contributed by atoms with Gasteiger partial charge in [-0.2, -0.15) is 9.78 Å². The number of anilines is 5. The average Bonchev–Trinajstić information content (AvgIpc) is 3.42. The van der Waals surface area contributed by atoms with Gasteiger partial charge in [-0.25, -0.2) is 9.97 Å². The van der Waals surface area contributed by atoms with Crippen LogP contribution in [0.25, 0.3) is 5.82 Å². The zero-order chi connectivity index (χ0) is 29.8. The van der Waals surface area contributed by atoms with Crippen LogP contribution in [0.3, 0.4) is 0 Å². The van der Waals surface area contributed by atoms with Crippen LogP contribution in [0.4, 0.5) is 28.7 Å². The number of carbonyl (C=O) groups excluding carboxylic acids is 2. The van der Waals surface area contributed by atoms with Crippen molar-refractivity contribution in [3.63, 3.8) is 0 Å². The van der Waals surface area contributed by atoms with Gasteiger partial charge < -0.3 is 31.1 Å². The number of amides is 2. The largest absolute Gasteiger partial charge is 0.373 e. The van der Waals surface area contributed by atoms with Crippen molar-refractivity contribution in [3.05, 3.63) is 77.2 Å². The molecular weight excluding hydrogens is 532 g/mol. The van der Waals surface area contributed by atoms with Gasteiger partial charge in [0, 0.05) is 75.0 Å². The Hall–Kier alpha value is -4.97. The van der Waals surface area contributed by atoms with Crippen molar-refractivity contribution in [1.29, 1.82) is 0 Å². The lowest BCUT2D eigenvalue weighted by molar-refractivity contribution is 0.0956. The Morgan fingerprint density at radius 1 is 0.881 bits per heavy atom. The Kier molecular flexibility index (Phi) is 8.34. The molecule has 2 aromatic carbocycles. The Bertz CT molecular complexity index is 1610. The summed E-state index contributed by atoms with van der Waals surface area (Å²) >= 11 is 0. The van der Waals surface area contributed by atoms with Crippen LogP contribution in [0, 0.1) is 13.8 Å². The van der Waals surface area contributed by atoms with E-state index >= 15 is 0 Å². The van der Waals surface area contributed by atoms with Crippen LogP contribution in [-0.2, 0) is 0 Å². The third kappa shape index (κ3) is 6.33. The van der Waals surface area contributed by atoms with Crippen LogP contribution in [0.1, 0.15) is 32.0 Å². The van der Waals surface area contributed by atoms with E-state index in [1.165, 1.54) is 6.33 Å². The first kappa shape index (κ1) is 28.6. The summed E-state index contributed by atoms with van der Waals surface area (Å²) in [4.78, 5) is 38.9. The van der Waals surface area contributed by atoms with Gasteiger partial charge in [-0.15, -0.1) is 0 Å². The molecule has 3 heterocycles. The molecule has 4 N–H and O–H groups in total. The van der Waals surface area contributed by atoms with E-state index in [2.05, 4.69) is 59.2 Å². The standard InChI is InChI=1S/C30H36N10O2/c1-19-12-21(14-23(13-19)39-10-8-38(5)9-11-39)29(41)35-22-7-6-20(2)24(15-22)36-28-16-25(30(42)32-4)37-40(28)27-17-26(31-3)33-18-34-27/h6-7,12-18,36H,8-11H2,1-5H3,(H,32,42)(H,35,41)(H,31,33,34). The molecule has 0 unspecified atom stereocenters. The normalized spacial score (nSPS) is 13.5. The number of likely N-dealkylation sites (N-methyl/N-ethyl adjacent to an activating group) is 1. The van der Waals surface area contributed by atoms with Gasteiger partial charge in [-0.05, 0) is 62.4 Å². The van der Waals surface area contributed by atoms with Crippen molar-refractivity contribution in [2.24, 2.45) is 0 Å². The summed E-state index contributed by atoms with van der Waals surface area (Å²) in [6.45, 7) is 7.81. The van der Waals surface area contributed by atoms with Gasteiger partial charge in [-0.3, -0.25) is 9.59 Å². The zero-order valence-corrected chi connectivity index (χ0v) is 24.5. The molecule has 1 saturated heterocycles. The molecule has 0 bridgehead atoms.